The van der Waals surface area contributed by atoms with E-state index in [2.05, 4.69) is 17.0 Å². The Balaban J connectivity index is 1.83. The van der Waals surface area contributed by atoms with E-state index in [0.29, 0.717) is 0 Å². The third-order valence-corrected chi connectivity index (χ3v) is 7.64. The van der Waals surface area contributed by atoms with E-state index in [1.807, 2.05) is 25.1 Å². The van der Waals surface area contributed by atoms with Crippen molar-refractivity contribution < 1.29 is 19.1 Å². The van der Waals surface area contributed by atoms with Gasteiger partial charge in [0.1, 0.15) is 12.0 Å². The number of allylic oxidation sites excluding steroid dienone is 1. The van der Waals surface area contributed by atoms with Crippen molar-refractivity contribution in [2.75, 3.05) is 26.8 Å². The third kappa shape index (κ3) is 2.13. The normalized spacial score (nSPS) is 35.7. The summed E-state index contributed by atoms with van der Waals surface area (Å²) in [4.78, 5) is 33.1. The molecule has 4 aliphatic rings. The van der Waals surface area contributed by atoms with Crippen molar-refractivity contribution in [3.05, 3.63) is 41.5 Å². The van der Waals surface area contributed by atoms with Crippen LogP contribution in [0, 0.1) is 11.3 Å². The van der Waals surface area contributed by atoms with E-state index in [1.165, 1.54) is 19.6 Å². The molecule has 1 aliphatic carbocycles. The van der Waals surface area contributed by atoms with Crippen LogP contribution in [0.15, 0.2) is 40.9 Å². The molecule has 3 fully saturated rings. The Labute approximate surface area is 170 Å². The summed E-state index contributed by atoms with van der Waals surface area (Å²) < 4.78 is 11.1. The average molecular weight is 394 g/mol. The van der Waals surface area contributed by atoms with Gasteiger partial charge in [-0.15, -0.1) is 0 Å². The van der Waals surface area contributed by atoms with E-state index in [-0.39, 0.29) is 30.5 Å². The van der Waals surface area contributed by atoms with Crippen molar-refractivity contribution in [1.29, 1.82) is 0 Å². The minimum absolute atomic E-state index is 0.0110. The summed E-state index contributed by atoms with van der Waals surface area (Å²) in [7, 11) is 1.44. The molecule has 6 heteroatoms. The lowest BCUT2D eigenvalue weighted by atomic mass is 9.43. The summed E-state index contributed by atoms with van der Waals surface area (Å²) >= 11 is 0. The summed E-state index contributed by atoms with van der Waals surface area (Å²) in [5.41, 5.74) is 2.65. The van der Waals surface area contributed by atoms with Gasteiger partial charge in [-0.25, -0.2) is 0 Å². The molecule has 0 spiro atoms. The zero-order valence-electron chi connectivity index (χ0n) is 17.1. The van der Waals surface area contributed by atoms with E-state index < -0.39 is 10.8 Å². The molecule has 29 heavy (non-hydrogen) atoms. The molecule has 0 unspecified atom stereocenters. The van der Waals surface area contributed by atoms with Gasteiger partial charge in [0.25, 0.3) is 0 Å². The molecule has 5 rings (SSSR count). The van der Waals surface area contributed by atoms with Crippen LogP contribution in [0.2, 0.25) is 0 Å². The molecular formula is C23H26N2O4. The van der Waals surface area contributed by atoms with E-state index in [9.17, 15) is 9.59 Å². The van der Waals surface area contributed by atoms with Gasteiger partial charge < -0.3 is 9.47 Å². The largest absolute Gasteiger partial charge is 0.468 e. The van der Waals surface area contributed by atoms with E-state index in [1.54, 1.807) is 0 Å². The SMILES string of the molecule is C/C=C1/CN2CC[C@]34C(=Nc5ccccc53)[C@@H]2C[C@@H]1[C@]4(COC(C)=O)C(=O)OC. The van der Waals surface area contributed by atoms with Gasteiger partial charge >= 0.3 is 11.9 Å². The van der Waals surface area contributed by atoms with Gasteiger partial charge in [-0.3, -0.25) is 19.5 Å². The van der Waals surface area contributed by atoms with Gasteiger partial charge in [-0.2, -0.15) is 0 Å². The van der Waals surface area contributed by atoms with E-state index in [4.69, 9.17) is 14.5 Å². The molecule has 3 bridgehead atoms. The van der Waals surface area contributed by atoms with Gasteiger partial charge in [-0.05, 0) is 31.4 Å². The summed E-state index contributed by atoms with van der Waals surface area (Å²) in [5, 5.41) is 0. The second-order valence-electron chi connectivity index (χ2n) is 8.55. The standard InChI is InChI=1S/C23H26N2O4/c1-4-15-12-25-10-9-22-16-7-5-6-8-18(16)24-20(22)19(25)11-17(15)23(22,21(27)28-3)13-29-14(2)26/h4-8,17,19H,9-13H2,1-3H3/b15-4-/t17-,19-,22+,23+/m0/s1. The average Bonchev–Trinajstić information content (AvgIpc) is 3.09. The van der Waals surface area contributed by atoms with Gasteiger partial charge in [0.15, 0.2) is 0 Å². The van der Waals surface area contributed by atoms with Crippen LogP contribution >= 0.6 is 0 Å². The van der Waals surface area contributed by atoms with Crippen molar-refractivity contribution in [3.63, 3.8) is 0 Å². The lowest BCUT2D eigenvalue weighted by Crippen LogP contribution is -2.75. The number of methoxy groups -OCH3 is 1. The number of benzene rings is 1. The Morgan fingerprint density at radius 1 is 1.34 bits per heavy atom. The van der Waals surface area contributed by atoms with Gasteiger partial charge in [-0.1, -0.05) is 29.8 Å². The summed E-state index contributed by atoms with van der Waals surface area (Å²) in [6.07, 6.45) is 3.69. The highest BCUT2D eigenvalue weighted by molar-refractivity contribution is 6.11. The van der Waals surface area contributed by atoms with Crippen molar-refractivity contribution in [2.45, 2.75) is 38.1 Å². The molecule has 3 heterocycles. The quantitative estimate of drug-likeness (QED) is 0.583. The van der Waals surface area contributed by atoms with Crippen molar-refractivity contribution in [3.8, 4) is 0 Å². The molecule has 3 aliphatic heterocycles. The van der Waals surface area contributed by atoms with E-state index >= 15 is 0 Å². The number of nitrogens with zero attached hydrogens (tertiary/aromatic N) is 2. The van der Waals surface area contributed by atoms with Crippen molar-refractivity contribution in [1.82, 2.24) is 4.90 Å². The Hall–Kier alpha value is -2.47. The van der Waals surface area contributed by atoms with Crippen LogP contribution in [0.4, 0.5) is 5.69 Å². The summed E-state index contributed by atoms with van der Waals surface area (Å²) in [6, 6.07) is 8.31. The Bertz CT molecular complexity index is 967. The highest BCUT2D eigenvalue weighted by atomic mass is 16.5. The maximum Gasteiger partial charge on any atom is 0.317 e. The van der Waals surface area contributed by atoms with Gasteiger partial charge in [0, 0.05) is 31.6 Å². The fourth-order valence-corrected chi connectivity index (χ4v) is 6.52. The predicted molar refractivity (Wildman–Crippen MR) is 108 cm³/mol. The Morgan fingerprint density at radius 3 is 2.86 bits per heavy atom. The maximum absolute atomic E-state index is 13.7. The fraction of sp³-hybridized carbons (Fsp3) is 0.522. The number of para-hydroxylation sites is 1. The number of ether oxygens (including phenoxy) is 2. The molecule has 0 radical (unpaired) electrons. The van der Waals surface area contributed by atoms with Crippen molar-refractivity contribution >= 4 is 23.3 Å². The van der Waals surface area contributed by atoms with Crippen molar-refractivity contribution in [2.24, 2.45) is 16.3 Å². The zero-order valence-corrected chi connectivity index (χ0v) is 17.1. The molecule has 4 atom stereocenters. The number of carbonyl (C=O) groups excluding carboxylic acids is 2. The number of aliphatic imine (C=N–C) groups is 1. The molecule has 1 saturated carbocycles. The van der Waals surface area contributed by atoms with Crippen LogP contribution in [-0.4, -0.2) is 55.4 Å². The maximum atomic E-state index is 13.7. The molecule has 6 nitrogen and oxygen atoms in total. The van der Waals surface area contributed by atoms with E-state index in [0.717, 1.165) is 42.9 Å². The number of piperidine rings is 2. The first kappa shape index (κ1) is 18.6. The molecule has 0 amide bonds. The van der Waals surface area contributed by atoms with Crippen LogP contribution < -0.4 is 0 Å². The second-order valence-corrected chi connectivity index (χ2v) is 8.55. The first-order valence-electron chi connectivity index (χ1n) is 10.3. The molecule has 152 valence electrons. The molecule has 1 aromatic rings. The topological polar surface area (TPSA) is 68.2 Å². The molecule has 2 saturated heterocycles. The molecule has 0 aromatic heterocycles. The monoisotopic (exact) mass is 394 g/mol. The van der Waals surface area contributed by atoms with Crippen LogP contribution in [-0.2, 0) is 24.5 Å². The molecule has 0 N–H and O–H groups in total. The Morgan fingerprint density at radius 2 is 2.14 bits per heavy atom. The molecular weight excluding hydrogens is 368 g/mol. The smallest absolute Gasteiger partial charge is 0.317 e. The number of esters is 2. The Kier molecular flexibility index (Phi) is 4.01. The number of hydrogen-bond donors (Lipinski definition) is 0. The summed E-state index contributed by atoms with van der Waals surface area (Å²) in [6.45, 7) is 5.13. The highest BCUT2D eigenvalue weighted by Gasteiger charge is 2.74. The number of fused-ring (bicyclic) bond motifs is 2. The zero-order chi connectivity index (χ0) is 20.4. The highest BCUT2D eigenvalue weighted by Crippen LogP contribution is 2.66. The third-order valence-electron chi connectivity index (χ3n) is 7.64. The first-order chi connectivity index (χ1) is 14.0. The first-order valence-corrected chi connectivity index (χ1v) is 10.3. The van der Waals surface area contributed by atoms with Crippen LogP contribution in [0.3, 0.4) is 0 Å². The summed E-state index contributed by atoms with van der Waals surface area (Å²) in [5.74, 6) is -0.737. The van der Waals surface area contributed by atoms with Crippen LogP contribution in [0.5, 0.6) is 0 Å². The molecule has 1 aromatic carbocycles. The second kappa shape index (κ2) is 6.26. The van der Waals surface area contributed by atoms with Crippen LogP contribution in [0.1, 0.15) is 32.3 Å². The number of rotatable bonds is 3. The lowest BCUT2D eigenvalue weighted by molar-refractivity contribution is -0.176. The number of hydrogen-bond acceptors (Lipinski definition) is 6. The number of carbonyl (C=O) groups is 2. The van der Waals surface area contributed by atoms with Gasteiger partial charge in [0.2, 0.25) is 0 Å². The fourth-order valence-electron chi connectivity index (χ4n) is 6.52. The minimum atomic E-state index is -1.01. The predicted octanol–water partition coefficient (Wildman–Crippen LogP) is 2.79. The minimum Gasteiger partial charge on any atom is -0.468 e. The van der Waals surface area contributed by atoms with Gasteiger partial charge in [0.05, 0.1) is 24.3 Å². The van der Waals surface area contributed by atoms with Crippen LogP contribution in [0.25, 0.3) is 0 Å². The lowest BCUT2D eigenvalue weighted by Gasteiger charge is -2.64.